The van der Waals surface area contributed by atoms with Crippen LogP contribution in [0.5, 0.6) is 0 Å². The molecule has 0 heterocycles. The number of benzene rings is 1. The molecular formula is C13H18O2. The molecule has 2 heteroatoms. The summed E-state index contributed by atoms with van der Waals surface area (Å²) < 4.78 is 0. The summed E-state index contributed by atoms with van der Waals surface area (Å²) in [5.41, 5.74) is 1.39. The summed E-state index contributed by atoms with van der Waals surface area (Å²) in [6, 6.07) is 7.83. The van der Waals surface area contributed by atoms with Crippen molar-refractivity contribution in [3.63, 3.8) is 0 Å². The highest BCUT2D eigenvalue weighted by Gasteiger charge is 2.13. The van der Waals surface area contributed by atoms with Crippen LogP contribution in [-0.2, 0) is 17.6 Å². The third-order valence-corrected chi connectivity index (χ3v) is 2.08. The first-order valence-electron chi connectivity index (χ1n) is 5.16. The van der Waals surface area contributed by atoms with E-state index in [1.165, 1.54) is 0 Å². The van der Waals surface area contributed by atoms with Crippen LogP contribution < -0.4 is 0 Å². The first-order valence-corrected chi connectivity index (χ1v) is 5.16. The Bertz CT molecular complexity index is 348. The second-order valence-corrected chi connectivity index (χ2v) is 4.69. The lowest BCUT2D eigenvalue weighted by atomic mass is 9.96. The van der Waals surface area contributed by atoms with Gasteiger partial charge in [-0.2, -0.15) is 0 Å². The third kappa shape index (κ3) is 4.75. The van der Waals surface area contributed by atoms with E-state index in [0.717, 1.165) is 11.1 Å². The van der Waals surface area contributed by atoms with Crippen LogP contribution in [0, 0.1) is 0 Å². The van der Waals surface area contributed by atoms with E-state index in [1.807, 2.05) is 24.3 Å². The van der Waals surface area contributed by atoms with E-state index in [0.29, 0.717) is 12.8 Å². The molecule has 0 fully saturated rings. The molecule has 0 aromatic heterocycles. The van der Waals surface area contributed by atoms with Crippen molar-refractivity contribution in [1.82, 2.24) is 0 Å². The molecule has 0 amide bonds. The molecule has 0 spiro atoms. The van der Waals surface area contributed by atoms with Crippen molar-refractivity contribution in [2.24, 2.45) is 0 Å². The summed E-state index contributed by atoms with van der Waals surface area (Å²) in [5, 5.41) is 9.68. The Balaban J connectivity index is 2.79. The van der Waals surface area contributed by atoms with Crippen LogP contribution in [-0.4, -0.2) is 16.5 Å². The van der Waals surface area contributed by atoms with Crippen molar-refractivity contribution < 1.29 is 9.90 Å². The highest BCUT2D eigenvalue weighted by molar-refractivity contribution is 5.78. The van der Waals surface area contributed by atoms with E-state index < -0.39 is 5.60 Å². The van der Waals surface area contributed by atoms with Gasteiger partial charge in [0, 0.05) is 12.8 Å². The van der Waals surface area contributed by atoms with Crippen molar-refractivity contribution in [3.05, 3.63) is 35.4 Å². The zero-order valence-electron chi connectivity index (χ0n) is 9.58. The molecule has 0 aliphatic rings. The minimum Gasteiger partial charge on any atom is -0.390 e. The molecule has 0 atom stereocenters. The van der Waals surface area contributed by atoms with E-state index >= 15 is 0 Å². The topological polar surface area (TPSA) is 37.3 Å². The lowest BCUT2D eigenvalue weighted by molar-refractivity contribution is -0.116. The Hall–Kier alpha value is -1.15. The molecule has 15 heavy (non-hydrogen) atoms. The molecule has 1 aromatic carbocycles. The molecule has 82 valence electrons. The summed E-state index contributed by atoms with van der Waals surface area (Å²) in [6.45, 7) is 5.15. The fourth-order valence-corrected chi connectivity index (χ4v) is 1.64. The lowest BCUT2D eigenvalue weighted by Crippen LogP contribution is -2.21. The number of rotatable bonds is 4. The van der Waals surface area contributed by atoms with Gasteiger partial charge in [0.25, 0.3) is 0 Å². The average Bonchev–Trinajstić information content (AvgIpc) is 1.99. The van der Waals surface area contributed by atoms with Crippen molar-refractivity contribution in [2.75, 3.05) is 0 Å². The van der Waals surface area contributed by atoms with E-state index in [9.17, 15) is 9.90 Å². The molecule has 0 aliphatic heterocycles. The fraction of sp³-hybridized carbons (Fsp3) is 0.462. The predicted octanol–water partition coefficient (Wildman–Crippen LogP) is 2.13. The second kappa shape index (κ2) is 4.58. The maximum Gasteiger partial charge on any atom is 0.134 e. The summed E-state index contributed by atoms with van der Waals surface area (Å²) in [5.74, 6) is 0.162. The van der Waals surface area contributed by atoms with Crippen molar-refractivity contribution in [2.45, 2.75) is 39.2 Å². The third-order valence-electron chi connectivity index (χ3n) is 2.08. The molecule has 0 bridgehead atoms. The Morgan fingerprint density at radius 1 is 1.33 bits per heavy atom. The van der Waals surface area contributed by atoms with Crippen molar-refractivity contribution >= 4 is 5.78 Å². The highest BCUT2D eigenvalue weighted by Crippen LogP contribution is 2.14. The maximum atomic E-state index is 11.0. The zero-order valence-corrected chi connectivity index (χ0v) is 9.58. The molecule has 0 saturated heterocycles. The molecular weight excluding hydrogens is 188 g/mol. The van der Waals surface area contributed by atoms with Gasteiger partial charge in [-0.3, -0.25) is 4.79 Å². The number of hydrogen-bond acceptors (Lipinski definition) is 2. The normalized spacial score (nSPS) is 11.5. The molecule has 0 unspecified atom stereocenters. The minimum atomic E-state index is -0.700. The monoisotopic (exact) mass is 206 g/mol. The quantitative estimate of drug-likeness (QED) is 0.819. The van der Waals surface area contributed by atoms with Gasteiger partial charge >= 0.3 is 0 Å². The van der Waals surface area contributed by atoms with Gasteiger partial charge < -0.3 is 5.11 Å². The Morgan fingerprint density at radius 3 is 2.47 bits per heavy atom. The number of hydrogen-bond donors (Lipinski definition) is 1. The van der Waals surface area contributed by atoms with Crippen LogP contribution in [0.1, 0.15) is 31.9 Å². The van der Waals surface area contributed by atoms with Crippen LogP contribution in [0.15, 0.2) is 24.3 Å². The minimum absolute atomic E-state index is 0.162. The van der Waals surface area contributed by atoms with Crippen LogP contribution in [0.2, 0.25) is 0 Å². The molecule has 2 nitrogen and oxygen atoms in total. The van der Waals surface area contributed by atoms with E-state index in [1.54, 1.807) is 20.8 Å². The molecule has 1 N–H and O–H groups in total. The number of carbonyl (C=O) groups is 1. The predicted molar refractivity (Wildman–Crippen MR) is 60.8 cm³/mol. The van der Waals surface area contributed by atoms with Crippen LogP contribution in [0.25, 0.3) is 0 Å². The first-order chi connectivity index (χ1) is 6.87. The molecule has 0 saturated carbocycles. The standard InChI is InChI=1S/C13H18O2/c1-10(14)7-11-5-4-6-12(8-11)9-13(2,3)15/h4-6,8,15H,7,9H2,1-3H3. The summed E-state index contributed by atoms with van der Waals surface area (Å²) >= 11 is 0. The first kappa shape index (κ1) is 11.9. The van der Waals surface area contributed by atoms with E-state index in [-0.39, 0.29) is 5.78 Å². The number of carbonyl (C=O) groups excluding carboxylic acids is 1. The smallest absolute Gasteiger partial charge is 0.134 e. The Morgan fingerprint density at radius 2 is 1.93 bits per heavy atom. The fourth-order valence-electron chi connectivity index (χ4n) is 1.64. The average molecular weight is 206 g/mol. The van der Waals surface area contributed by atoms with Gasteiger partial charge in [0.05, 0.1) is 5.60 Å². The summed E-state index contributed by atoms with van der Waals surface area (Å²) in [7, 11) is 0. The van der Waals surface area contributed by atoms with Gasteiger partial charge in [0.1, 0.15) is 5.78 Å². The zero-order chi connectivity index (χ0) is 11.5. The maximum absolute atomic E-state index is 11.0. The van der Waals surface area contributed by atoms with E-state index in [2.05, 4.69) is 0 Å². The molecule has 1 aromatic rings. The Labute approximate surface area is 90.9 Å². The van der Waals surface area contributed by atoms with Crippen LogP contribution in [0.4, 0.5) is 0 Å². The van der Waals surface area contributed by atoms with Gasteiger partial charge in [-0.1, -0.05) is 24.3 Å². The largest absolute Gasteiger partial charge is 0.390 e. The van der Waals surface area contributed by atoms with Crippen LogP contribution >= 0.6 is 0 Å². The van der Waals surface area contributed by atoms with Gasteiger partial charge in [0.2, 0.25) is 0 Å². The van der Waals surface area contributed by atoms with E-state index in [4.69, 9.17) is 0 Å². The lowest BCUT2D eigenvalue weighted by Gasteiger charge is -2.17. The van der Waals surface area contributed by atoms with Gasteiger partial charge in [-0.15, -0.1) is 0 Å². The number of aliphatic hydroxyl groups is 1. The Kier molecular flexibility index (Phi) is 3.64. The van der Waals surface area contributed by atoms with Crippen molar-refractivity contribution in [3.8, 4) is 0 Å². The van der Waals surface area contributed by atoms with Gasteiger partial charge in [-0.25, -0.2) is 0 Å². The summed E-state index contributed by atoms with van der Waals surface area (Å²) in [4.78, 5) is 11.0. The molecule has 1 rings (SSSR count). The SMILES string of the molecule is CC(=O)Cc1cccc(CC(C)(C)O)c1. The molecule has 0 radical (unpaired) electrons. The second-order valence-electron chi connectivity index (χ2n) is 4.69. The van der Waals surface area contributed by atoms with Crippen molar-refractivity contribution in [1.29, 1.82) is 0 Å². The number of ketones is 1. The summed E-state index contributed by atoms with van der Waals surface area (Å²) in [6.07, 6.45) is 1.08. The molecule has 0 aliphatic carbocycles. The number of Topliss-reactive ketones (excluding diaryl/α,β-unsaturated/α-hetero) is 1. The van der Waals surface area contributed by atoms with Gasteiger partial charge in [0.15, 0.2) is 0 Å². The van der Waals surface area contributed by atoms with Gasteiger partial charge in [-0.05, 0) is 31.9 Å². The van der Waals surface area contributed by atoms with Crippen LogP contribution in [0.3, 0.4) is 0 Å². The highest BCUT2D eigenvalue weighted by atomic mass is 16.3.